The first-order valence-corrected chi connectivity index (χ1v) is 7.98. The third-order valence-electron chi connectivity index (χ3n) is 3.07. The number of carbonyl (C=O) groups is 2. The van der Waals surface area contributed by atoms with Crippen LogP contribution in [0.25, 0.3) is 0 Å². The van der Waals surface area contributed by atoms with Gasteiger partial charge in [-0.1, -0.05) is 18.7 Å². The number of esters is 1. The summed E-state index contributed by atoms with van der Waals surface area (Å²) in [5.74, 6) is 0.213. The van der Waals surface area contributed by atoms with Crippen molar-refractivity contribution in [1.82, 2.24) is 15.2 Å². The molecule has 2 N–H and O–H groups in total. The molecule has 0 aliphatic carbocycles. The average molecular weight is 334 g/mol. The standard InChI is InChI=1S/C15H18N4O3S/c1-4-12-17-15(19-18-12)23-9(2)13(20)16-11-7-5-10(6-8-11)14(21)22-3/h5-9H,4H2,1-3H3,(H,16,20)(H,17,18,19). The normalized spacial score (nSPS) is 11.8. The van der Waals surface area contributed by atoms with Crippen LogP contribution in [-0.2, 0) is 16.0 Å². The van der Waals surface area contributed by atoms with Crippen LogP contribution in [0.5, 0.6) is 0 Å². The number of aryl methyl sites for hydroxylation is 1. The Balaban J connectivity index is 1.93. The largest absolute Gasteiger partial charge is 0.465 e. The zero-order valence-electron chi connectivity index (χ0n) is 13.1. The van der Waals surface area contributed by atoms with E-state index in [4.69, 9.17) is 0 Å². The molecule has 0 spiro atoms. The van der Waals surface area contributed by atoms with Gasteiger partial charge in [-0.15, -0.1) is 5.10 Å². The molecule has 0 fully saturated rings. The van der Waals surface area contributed by atoms with Crippen molar-refractivity contribution in [2.75, 3.05) is 12.4 Å². The van der Waals surface area contributed by atoms with E-state index in [9.17, 15) is 9.59 Å². The lowest BCUT2D eigenvalue weighted by molar-refractivity contribution is -0.115. The maximum Gasteiger partial charge on any atom is 0.337 e. The molecule has 0 aliphatic rings. The van der Waals surface area contributed by atoms with Gasteiger partial charge in [-0.2, -0.15) is 0 Å². The number of aromatic amines is 1. The number of hydrogen-bond acceptors (Lipinski definition) is 6. The molecule has 2 aromatic rings. The van der Waals surface area contributed by atoms with E-state index < -0.39 is 5.97 Å². The molecule has 2 rings (SSSR count). The summed E-state index contributed by atoms with van der Waals surface area (Å²) in [7, 11) is 1.32. The number of ether oxygens (including phenoxy) is 1. The maximum absolute atomic E-state index is 12.2. The van der Waals surface area contributed by atoms with Crippen LogP contribution in [0.3, 0.4) is 0 Å². The summed E-state index contributed by atoms with van der Waals surface area (Å²) in [6.07, 6.45) is 0.765. The highest BCUT2D eigenvalue weighted by molar-refractivity contribution is 8.00. The Morgan fingerprint density at radius 1 is 1.35 bits per heavy atom. The molecular weight excluding hydrogens is 316 g/mol. The fourth-order valence-corrected chi connectivity index (χ4v) is 2.50. The molecule has 1 aromatic carbocycles. The lowest BCUT2D eigenvalue weighted by Crippen LogP contribution is -2.22. The van der Waals surface area contributed by atoms with Gasteiger partial charge in [0.15, 0.2) is 0 Å². The van der Waals surface area contributed by atoms with E-state index in [1.807, 2.05) is 6.92 Å². The van der Waals surface area contributed by atoms with Gasteiger partial charge >= 0.3 is 5.97 Å². The monoisotopic (exact) mass is 334 g/mol. The Kier molecular flexibility index (Phi) is 5.75. The van der Waals surface area contributed by atoms with E-state index in [2.05, 4.69) is 25.2 Å². The second kappa shape index (κ2) is 7.77. The lowest BCUT2D eigenvalue weighted by atomic mass is 10.2. The summed E-state index contributed by atoms with van der Waals surface area (Å²) in [5, 5.41) is 9.85. The van der Waals surface area contributed by atoms with Gasteiger partial charge in [-0.25, -0.2) is 9.78 Å². The zero-order chi connectivity index (χ0) is 16.8. The zero-order valence-corrected chi connectivity index (χ0v) is 13.9. The highest BCUT2D eigenvalue weighted by Crippen LogP contribution is 2.21. The molecule has 1 amide bonds. The molecule has 122 valence electrons. The molecular formula is C15H18N4O3S. The summed E-state index contributed by atoms with van der Waals surface area (Å²) in [5.41, 5.74) is 1.04. The Labute approximate surface area is 138 Å². The molecule has 0 saturated carbocycles. The van der Waals surface area contributed by atoms with Crippen molar-refractivity contribution in [2.24, 2.45) is 0 Å². The Morgan fingerprint density at radius 2 is 2.04 bits per heavy atom. The van der Waals surface area contributed by atoms with Crippen LogP contribution in [0, 0.1) is 0 Å². The van der Waals surface area contributed by atoms with Crippen LogP contribution in [-0.4, -0.2) is 39.4 Å². The predicted molar refractivity (Wildman–Crippen MR) is 87.5 cm³/mol. The lowest BCUT2D eigenvalue weighted by Gasteiger charge is -2.10. The second-order valence-corrected chi connectivity index (χ2v) is 6.04. The fraction of sp³-hybridized carbons (Fsp3) is 0.333. The molecule has 0 bridgehead atoms. The average Bonchev–Trinajstić information content (AvgIpc) is 3.02. The van der Waals surface area contributed by atoms with Gasteiger partial charge in [0.05, 0.1) is 17.9 Å². The summed E-state index contributed by atoms with van der Waals surface area (Å²) >= 11 is 1.28. The number of anilines is 1. The summed E-state index contributed by atoms with van der Waals surface area (Å²) in [4.78, 5) is 27.8. The number of benzene rings is 1. The Morgan fingerprint density at radius 3 is 2.61 bits per heavy atom. The summed E-state index contributed by atoms with van der Waals surface area (Å²) < 4.78 is 4.63. The maximum atomic E-state index is 12.2. The van der Waals surface area contributed by atoms with Gasteiger partial charge in [0, 0.05) is 12.1 Å². The topological polar surface area (TPSA) is 97.0 Å². The minimum atomic E-state index is -0.414. The van der Waals surface area contributed by atoms with E-state index in [1.54, 1.807) is 31.2 Å². The van der Waals surface area contributed by atoms with E-state index in [-0.39, 0.29) is 11.2 Å². The molecule has 23 heavy (non-hydrogen) atoms. The highest BCUT2D eigenvalue weighted by Gasteiger charge is 2.17. The predicted octanol–water partition coefficient (Wildman–Crippen LogP) is 2.27. The van der Waals surface area contributed by atoms with Crippen molar-refractivity contribution in [1.29, 1.82) is 0 Å². The number of rotatable bonds is 6. The van der Waals surface area contributed by atoms with Crippen molar-refractivity contribution in [3.8, 4) is 0 Å². The van der Waals surface area contributed by atoms with Crippen molar-refractivity contribution in [2.45, 2.75) is 30.7 Å². The first-order valence-electron chi connectivity index (χ1n) is 7.10. The van der Waals surface area contributed by atoms with Gasteiger partial charge in [0.1, 0.15) is 5.82 Å². The number of amides is 1. The van der Waals surface area contributed by atoms with E-state index in [0.29, 0.717) is 16.4 Å². The molecule has 0 aliphatic heterocycles. The number of H-pyrrole nitrogens is 1. The molecule has 7 nitrogen and oxygen atoms in total. The van der Waals surface area contributed by atoms with Crippen molar-refractivity contribution < 1.29 is 14.3 Å². The van der Waals surface area contributed by atoms with Gasteiger partial charge in [-0.05, 0) is 31.2 Å². The van der Waals surface area contributed by atoms with Crippen LogP contribution in [0.1, 0.15) is 30.0 Å². The van der Waals surface area contributed by atoms with Crippen LogP contribution in [0.4, 0.5) is 5.69 Å². The number of aromatic nitrogens is 3. The molecule has 1 aromatic heterocycles. The quantitative estimate of drug-likeness (QED) is 0.621. The third-order valence-corrected chi connectivity index (χ3v) is 4.03. The van der Waals surface area contributed by atoms with E-state index >= 15 is 0 Å². The van der Waals surface area contributed by atoms with Gasteiger partial charge < -0.3 is 10.1 Å². The van der Waals surface area contributed by atoms with Crippen molar-refractivity contribution in [3.05, 3.63) is 35.7 Å². The number of nitrogens with one attached hydrogen (secondary N) is 2. The number of thioether (sulfide) groups is 1. The number of methoxy groups -OCH3 is 1. The summed E-state index contributed by atoms with van der Waals surface area (Å²) in [6.45, 7) is 3.76. The second-order valence-electron chi connectivity index (χ2n) is 4.74. The molecule has 0 radical (unpaired) electrons. The minimum Gasteiger partial charge on any atom is -0.465 e. The van der Waals surface area contributed by atoms with Crippen LogP contribution >= 0.6 is 11.8 Å². The third kappa shape index (κ3) is 4.56. The van der Waals surface area contributed by atoms with Crippen LogP contribution in [0.2, 0.25) is 0 Å². The van der Waals surface area contributed by atoms with E-state index in [1.165, 1.54) is 18.9 Å². The summed E-state index contributed by atoms with van der Waals surface area (Å²) in [6, 6.07) is 6.51. The Bertz CT molecular complexity index is 684. The van der Waals surface area contributed by atoms with Gasteiger partial charge in [-0.3, -0.25) is 9.89 Å². The van der Waals surface area contributed by atoms with Crippen LogP contribution < -0.4 is 5.32 Å². The number of nitrogens with zero attached hydrogens (tertiary/aromatic N) is 2. The SMILES string of the molecule is CCc1nc(SC(C)C(=O)Nc2ccc(C(=O)OC)cc2)n[nH]1. The molecule has 8 heteroatoms. The smallest absolute Gasteiger partial charge is 0.337 e. The molecule has 1 heterocycles. The Hall–Kier alpha value is -2.35. The first-order chi connectivity index (χ1) is 11.0. The highest BCUT2D eigenvalue weighted by atomic mass is 32.2. The first kappa shape index (κ1) is 17.0. The molecule has 1 atom stereocenters. The van der Waals surface area contributed by atoms with Crippen molar-refractivity contribution >= 4 is 29.3 Å². The van der Waals surface area contributed by atoms with E-state index in [0.717, 1.165) is 12.2 Å². The van der Waals surface area contributed by atoms with Crippen molar-refractivity contribution in [3.63, 3.8) is 0 Å². The number of hydrogen-bond donors (Lipinski definition) is 2. The molecule has 1 unspecified atom stereocenters. The van der Waals surface area contributed by atoms with Gasteiger partial charge in [0.2, 0.25) is 11.1 Å². The van der Waals surface area contributed by atoms with Gasteiger partial charge in [0.25, 0.3) is 0 Å². The van der Waals surface area contributed by atoms with Crippen LogP contribution in [0.15, 0.2) is 29.4 Å². The minimum absolute atomic E-state index is 0.163. The molecule has 0 saturated heterocycles. The fourth-order valence-electron chi connectivity index (χ4n) is 1.75. The number of carbonyl (C=O) groups excluding carboxylic acids is 2.